The van der Waals surface area contributed by atoms with Crippen molar-refractivity contribution >= 4 is 23.1 Å². The number of thiophene rings is 1. The smallest absolute Gasteiger partial charge is 0.322 e. The molecule has 0 unspecified atom stereocenters. The van der Waals surface area contributed by atoms with Crippen LogP contribution in [0.5, 0.6) is 5.75 Å². The molecule has 0 aliphatic carbocycles. The van der Waals surface area contributed by atoms with Gasteiger partial charge in [-0.1, -0.05) is 12.1 Å². The van der Waals surface area contributed by atoms with Crippen molar-refractivity contribution in [2.24, 2.45) is 0 Å². The van der Waals surface area contributed by atoms with E-state index in [0.717, 1.165) is 36.5 Å². The Morgan fingerprint density at radius 2 is 1.83 bits per heavy atom. The van der Waals surface area contributed by atoms with E-state index in [1.807, 2.05) is 46.6 Å². The Bertz CT molecular complexity index is 1410. The Morgan fingerprint density at radius 1 is 1.06 bits per heavy atom. The monoisotopic (exact) mass is 502 g/mol. The van der Waals surface area contributed by atoms with E-state index < -0.39 is 0 Å². The maximum atomic E-state index is 13.9. The molecule has 2 aliphatic rings. The number of amides is 2. The summed E-state index contributed by atoms with van der Waals surface area (Å²) in [6.45, 7) is 2.38. The van der Waals surface area contributed by atoms with Crippen LogP contribution in [-0.4, -0.2) is 41.1 Å². The van der Waals surface area contributed by atoms with Gasteiger partial charge in [0.05, 0.1) is 25.4 Å². The number of benzene rings is 2. The molecule has 0 radical (unpaired) electrons. The molecule has 1 N–H and O–H groups in total. The third kappa shape index (κ3) is 3.96. The normalized spacial score (nSPS) is 17.1. The quantitative estimate of drug-likeness (QED) is 0.385. The fourth-order valence-corrected chi connectivity index (χ4v) is 6.66. The third-order valence-corrected chi connectivity index (χ3v) is 8.30. The molecule has 184 valence electrons. The zero-order valence-corrected chi connectivity index (χ0v) is 21.0. The largest absolute Gasteiger partial charge is 0.497 e. The van der Waals surface area contributed by atoms with Crippen LogP contribution in [0.3, 0.4) is 0 Å². The number of urea groups is 1. The number of methoxy groups -OCH3 is 1. The summed E-state index contributed by atoms with van der Waals surface area (Å²) in [4.78, 5) is 19.5. The lowest BCUT2D eigenvalue weighted by Gasteiger charge is -2.32. The summed E-state index contributed by atoms with van der Waals surface area (Å²) in [6.07, 6.45) is 3.03. The second-order valence-corrected chi connectivity index (χ2v) is 10.4. The van der Waals surface area contributed by atoms with Crippen molar-refractivity contribution in [1.29, 1.82) is 0 Å². The highest BCUT2D eigenvalue weighted by Gasteiger charge is 2.36. The first-order valence-electron chi connectivity index (χ1n) is 12.0. The summed E-state index contributed by atoms with van der Waals surface area (Å²) in [5.41, 5.74) is 5.10. The fourth-order valence-electron chi connectivity index (χ4n) is 5.22. The van der Waals surface area contributed by atoms with Gasteiger partial charge in [-0.3, -0.25) is 0 Å². The lowest BCUT2D eigenvalue weighted by atomic mass is 10.0. The standard InChI is InChI=1S/C28H27FN4O2S/c1-31-15-13-22-23-16-33(28(34)30-20-9-11-21(35-2)12-10-20)26(18-5-7-19(29)8-6-18)24-4-3-14-32(24)27(23)36-25(22)17-31/h3-12,14,26H,13,15-17H2,1-2H3,(H,30,34)/t26-/m0/s1. The number of nitrogens with one attached hydrogen (secondary N) is 1. The SMILES string of the molecule is COc1ccc(NC(=O)N2Cc3c(sc4c3CCN(C)C4)-n3cccc3[C@@H]2c2ccc(F)cc2)cc1. The Morgan fingerprint density at radius 3 is 2.58 bits per heavy atom. The van der Waals surface area contributed by atoms with E-state index >= 15 is 0 Å². The average Bonchev–Trinajstić information content (AvgIpc) is 3.46. The number of anilines is 1. The van der Waals surface area contributed by atoms with Crippen LogP contribution in [-0.2, 0) is 19.5 Å². The number of nitrogens with zero attached hydrogens (tertiary/aromatic N) is 3. The first-order chi connectivity index (χ1) is 17.5. The van der Waals surface area contributed by atoms with Crippen LogP contribution in [0.25, 0.3) is 5.00 Å². The number of rotatable bonds is 3. The van der Waals surface area contributed by atoms with Crippen LogP contribution >= 0.6 is 11.3 Å². The predicted octanol–water partition coefficient (Wildman–Crippen LogP) is 5.81. The number of hydrogen-bond acceptors (Lipinski definition) is 4. The summed E-state index contributed by atoms with van der Waals surface area (Å²) >= 11 is 1.81. The molecule has 0 saturated heterocycles. The molecule has 4 aromatic rings. The number of halogens is 1. The highest BCUT2D eigenvalue weighted by atomic mass is 32.1. The van der Waals surface area contributed by atoms with Gasteiger partial charge in [-0.2, -0.15) is 0 Å². The van der Waals surface area contributed by atoms with Gasteiger partial charge in [0, 0.05) is 35.4 Å². The van der Waals surface area contributed by atoms with Crippen LogP contribution in [0.2, 0.25) is 0 Å². The fraction of sp³-hybridized carbons (Fsp3) is 0.250. The maximum absolute atomic E-state index is 13.9. The van der Waals surface area contributed by atoms with E-state index in [-0.39, 0.29) is 17.9 Å². The van der Waals surface area contributed by atoms with Gasteiger partial charge < -0.3 is 24.4 Å². The minimum atomic E-state index is -0.375. The molecule has 2 amide bonds. The molecule has 0 spiro atoms. The molecule has 1 atom stereocenters. The minimum absolute atomic E-state index is 0.206. The van der Waals surface area contributed by atoms with E-state index in [1.54, 1.807) is 19.2 Å². The topological polar surface area (TPSA) is 49.7 Å². The number of hydrogen-bond donors (Lipinski definition) is 1. The van der Waals surface area contributed by atoms with Gasteiger partial charge in [-0.05, 0) is 73.1 Å². The van der Waals surface area contributed by atoms with Crippen LogP contribution in [0.1, 0.15) is 33.3 Å². The Labute approximate surface area is 213 Å². The van der Waals surface area contributed by atoms with Gasteiger partial charge in [0.1, 0.15) is 16.6 Å². The second kappa shape index (κ2) is 9.11. The first kappa shape index (κ1) is 22.8. The molecule has 8 heteroatoms. The maximum Gasteiger partial charge on any atom is 0.322 e. The van der Waals surface area contributed by atoms with Crippen LogP contribution in [0, 0.1) is 5.82 Å². The average molecular weight is 503 g/mol. The molecule has 6 nitrogen and oxygen atoms in total. The van der Waals surface area contributed by atoms with Gasteiger partial charge in [-0.15, -0.1) is 11.3 Å². The highest BCUT2D eigenvalue weighted by Crippen LogP contribution is 2.43. The molecular weight excluding hydrogens is 475 g/mol. The molecule has 4 heterocycles. The number of carbonyl (C=O) groups excluding carboxylic acids is 1. The summed E-state index contributed by atoms with van der Waals surface area (Å²) < 4.78 is 21.3. The molecule has 0 saturated carbocycles. The lowest BCUT2D eigenvalue weighted by molar-refractivity contribution is 0.194. The summed E-state index contributed by atoms with van der Waals surface area (Å²) in [5, 5.41) is 4.25. The first-order valence-corrected chi connectivity index (χ1v) is 12.8. The van der Waals surface area contributed by atoms with E-state index in [0.29, 0.717) is 12.2 Å². The predicted molar refractivity (Wildman–Crippen MR) is 139 cm³/mol. The van der Waals surface area contributed by atoms with E-state index in [2.05, 4.69) is 34.1 Å². The van der Waals surface area contributed by atoms with E-state index in [1.165, 1.54) is 33.1 Å². The van der Waals surface area contributed by atoms with Gasteiger partial charge in [0.15, 0.2) is 0 Å². The number of likely N-dealkylation sites (N-methyl/N-ethyl adjacent to an activating group) is 1. The Kier molecular flexibility index (Phi) is 5.78. The van der Waals surface area contributed by atoms with Crippen molar-refractivity contribution in [3.05, 3.63) is 99.9 Å². The summed E-state index contributed by atoms with van der Waals surface area (Å²) in [5.74, 6) is 0.429. The minimum Gasteiger partial charge on any atom is -0.497 e. The third-order valence-electron chi connectivity index (χ3n) is 7.04. The molecule has 2 aliphatic heterocycles. The van der Waals surface area contributed by atoms with Crippen molar-refractivity contribution < 1.29 is 13.9 Å². The van der Waals surface area contributed by atoms with Crippen molar-refractivity contribution in [2.45, 2.75) is 25.6 Å². The molecule has 6 rings (SSSR count). The summed E-state index contributed by atoms with van der Waals surface area (Å²) in [7, 11) is 3.76. The molecular formula is C28H27FN4O2S. The van der Waals surface area contributed by atoms with Crippen molar-refractivity contribution in [2.75, 3.05) is 26.0 Å². The lowest BCUT2D eigenvalue weighted by Crippen LogP contribution is -2.38. The van der Waals surface area contributed by atoms with Crippen molar-refractivity contribution in [1.82, 2.24) is 14.4 Å². The number of carbonyl (C=O) groups is 1. The molecule has 0 fully saturated rings. The molecule has 36 heavy (non-hydrogen) atoms. The van der Waals surface area contributed by atoms with Crippen LogP contribution < -0.4 is 10.1 Å². The Balaban J connectivity index is 1.46. The number of aromatic nitrogens is 1. The number of ether oxygens (including phenoxy) is 1. The van der Waals surface area contributed by atoms with Crippen LogP contribution in [0.4, 0.5) is 14.9 Å². The van der Waals surface area contributed by atoms with E-state index in [4.69, 9.17) is 4.74 Å². The van der Waals surface area contributed by atoms with Gasteiger partial charge in [-0.25, -0.2) is 9.18 Å². The van der Waals surface area contributed by atoms with Gasteiger partial charge in [0.25, 0.3) is 0 Å². The summed E-state index contributed by atoms with van der Waals surface area (Å²) in [6, 6.07) is 17.3. The van der Waals surface area contributed by atoms with Crippen molar-refractivity contribution in [3.63, 3.8) is 0 Å². The zero-order valence-electron chi connectivity index (χ0n) is 20.2. The van der Waals surface area contributed by atoms with Crippen LogP contribution in [0.15, 0.2) is 66.9 Å². The van der Waals surface area contributed by atoms with Crippen molar-refractivity contribution in [3.8, 4) is 10.8 Å². The highest BCUT2D eigenvalue weighted by molar-refractivity contribution is 7.15. The second-order valence-electron chi connectivity index (χ2n) is 9.32. The molecule has 0 bridgehead atoms. The molecule has 2 aromatic carbocycles. The Hall–Kier alpha value is -3.62. The van der Waals surface area contributed by atoms with E-state index in [9.17, 15) is 9.18 Å². The van der Waals surface area contributed by atoms with Gasteiger partial charge >= 0.3 is 6.03 Å². The zero-order chi connectivity index (χ0) is 24.8. The molecule has 2 aromatic heterocycles. The van der Waals surface area contributed by atoms with Gasteiger partial charge in [0.2, 0.25) is 0 Å². The number of fused-ring (bicyclic) bond motifs is 5.